The Labute approximate surface area is 158 Å². The Morgan fingerprint density at radius 3 is 2.52 bits per heavy atom. The lowest BCUT2D eigenvalue weighted by molar-refractivity contribution is 0.187. The smallest absolute Gasteiger partial charge is 0.321 e. The molecule has 138 valence electrons. The molecule has 6 heteroatoms. The largest absolute Gasteiger partial charge is 0.339 e. The Kier molecular flexibility index (Phi) is 4.87. The van der Waals surface area contributed by atoms with Crippen molar-refractivity contribution in [2.45, 2.75) is 25.7 Å². The number of amides is 2. The van der Waals surface area contributed by atoms with Gasteiger partial charge in [-0.15, -0.1) is 0 Å². The molecule has 1 saturated heterocycles. The average molecular weight is 362 g/mol. The maximum Gasteiger partial charge on any atom is 0.321 e. The first-order valence-corrected chi connectivity index (χ1v) is 9.21. The summed E-state index contributed by atoms with van der Waals surface area (Å²) in [5.74, 6) is 1.47. The zero-order chi connectivity index (χ0) is 18.6. The first-order chi connectivity index (χ1) is 13.2. The minimum Gasteiger partial charge on any atom is -0.339 e. The monoisotopic (exact) mass is 362 g/mol. The molecule has 1 aliphatic rings. The molecule has 27 heavy (non-hydrogen) atoms. The van der Waals surface area contributed by atoms with Crippen LogP contribution in [0, 0.1) is 6.92 Å². The Morgan fingerprint density at radius 1 is 1.07 bits per heavy atom. The van der Waals surface area contributed by atoms with Crippen molar-refractivity contribution in [3.63, 3.8) is 0 Å². The van der Waals surface area contributed by atoms with Gasteiger partial charge in [-0.1, -0.05) is 53.7 Å². The van der Waals surface area contributed by atoms with Gasteiger partial charge in [0.2, 0.25) is 11.7 Å². The van der Waals surface area contributed by atoms with Gasteiger partial charge in [-0.3, -0.25) is 0 Å². The van der Waals surface area contributed by atoms with E-state index in [1.54, 1.807) is 0 Å². The predicted octanol–water partition coefficient (Wildman–Crippen LogP) is 4.46. The predicted molar refractivity (Wildman–Crippen MR) is 103 cm³/mol. The number of likely N-dealkylation sites (tertiary alicyclic amines) is 1. The Hall–Kier alpha value is -3.15. The van der Waals surface area contributed by atoms with Gasteiger partial charge in [0.05, 0.1) is 0 Å². The number of rotatable bonds is 3. The van der Waals surface area contributed by atoms with Crippen molar-refractivity contribution in [3.8, 4) is 11.4 Å². The minimum absolute atomic E-state index is 0.0572. The van der Waals surface area contributed by atoms with E-state index in [-0.39, 0.29) is 11.9 Å². The van der Waals surface area contributed by atoms with Crippen molar-refractivity contribution in [2.24, 2.45) is 0 Å². The third-order valence-corrected chi connectivity index (χ3v) is 4.99. The molecule has 0 unspecified atom stereocenters. The molecular formula is C21H22N4O2. The lowest BCUT2D eigenvalue weighted by Crippen LogP contribution is -2.40. The summed E-state index contributed by atoms with van der Waals surface area (Å²) in [5.41, 5.74) is 2.86. The number of benzene rings is 2. The molecule has 0 radical (unpaired) electrons. The van der Waals surface area contributed by atoms with Crippen LogP contribution in [0.25, 0.3) is 11.4 Å². The number of para-hydroxylation sites is 1. The van der Waals surface area contributed by atoms with Crippen molar-refractivity contribution in [3.05, 3.63) is 66.1 Å². The molecule has 0 bridgehead atoms. The van der Waals surface area contributed by atoms with Gasteiger partial charge in [0.15, 0.2) is 0 Å². The van der Waals surface area contributed by atoms with E-state index >= 15 is 0 Å². The summed E-state index contributed by atoms with van der Waals surface area (Å²) in [4.78, 5) is 18.9. The van der Waals surface area contributed by atoms with E-state index in [0.29, 0.717) is 24.8 Å². The lowest BCUT2D eigenvalue weighted by Gasteiger charge is -2.30. The van der Waals surface area contributed by atoms with Gasteiger partial charge in [0.25, 0.3) is 0 Å². The summed E-state index contributed by atoms with van der Waals surface area (Å²) in [5, 5.41) is 7.10. The van der Waals surface area contributed by atoms with E-state index in [0.717, 1.165) is 29.7 Å². The number of hydrogen-bond acceptors (Lipinski definition) is 4. The molecule has 2 aromatic carbocycles. The first kappa shape index (κ1) is 17.3. The highest BCUT2D eigenvalue weighted by Gasteiger charge is 2.27. The highest BCUT2D eigenvalue weighted by atomic mass is 16.5. The van der Waals surface area contributed by atoms with Gasteiger partial charge in [0, 0.05) is 30.3 Å². The van der Waals surface area contributed by atoms with Gasteiger partial charge in [-0.25, -0.2) is 4.79 Å². The van der Waals surface area contributed by atoms with Crippen LogP contribution >= 0.6 is 0 Å². The van der Waals surface area contributed by atoms with Gasteiger partial charge >= 0.3 is 6.03 Å². The van der Waals surface area contributed by atoms with Crippen LogP contribution in [0.3, 0.4) is 0 Å². The maximum atomic E-state index is 12.5. The average Bonchev–Trinajstić information content (AvgIpc) is 3.21. The summed E-state index contributed by atoms with van der Waals surface area (Å²) in [6.45, 7) is 3.33. The van der Waals surface area contributed by atoms with E-state index in [1.165, 1.54) is 0 Å². The van der Waals surface area contributed by atoms with Gasteiger partial charge in [0.1, 0.15) is 0 Å². The van der Waals surface area contributed by atoms with Crippen LogP contribution in [0.1, 0.15) is 30.2 Å². The summed E-state index contributed by atoms with van der Waals surface area (Å²) < 4.78 is 5.49. The summed E-state index contributed by atoms with van der Waals surface area (Å²) in [6, 6.07) is 17.5. The second kappa shape index (κ2) is 7.61. The number of nitrogens with zero attached hydrogens (tertiary/aromatic N) is 3. The van der Waals surface area contributed by atoms with Gasteiger partial charge < -0.3 is 14.7 Å². The Balaban J connectivity index is 1.36. The van der Waals surface area contributed by atoms with Crippen LogP contribution in [0.5, 0.6) is 0 Å². The molecular weight excluding hydrogens is 340 g/mol. The fourth-order valence-electron chi connectivity index (χ4n) is 3.34. The standard InChI is InChI=1S/C21H22N4O2/c1-15-7-5-6-10-18(15)22-21(26)25-13-11-17(12-14-25)20-23-19(24-27-20)16-8-3-2-4-9-16/h2-10,17H,11-14H2,1H3,(H,22,26). The van der Waals surface area contributed by atoms with Crippen LogP contribution in [-0.2, 0) is 0 Å². The quantitative estimate of drug-likeness (QED) is 0.747. The first-order valence-electron chi connectivity index (χ1n) is 9.21. The number of urea groups is 1. The van der Waals surface area contributed by atoms with Crippen molar-refractivity contribution >= 4 is 11.7 Å². The highest BCUT2D eigenvalue weighted by Crippen LogP contribution is 2.29. The fraction of sp³-hybridized carbons (Fsp3) is 0.286. The van der Waals surface area contributed by atoms with E-state index < -0.39 is 0 Å². The topological polar surface area (TPSA) is 71.3 Å². The Bertz CT molecular complexity index is 915. The molecule has 2 amide bonds. The molecule has 0 atom stereocenters. The van der Waals surface area contributed by atoms with E-state index in [1.807, 2.05) is 66.4 Å². The minimum atomic E-state index is -0.0572. The molecule has 2 heterocycles. The van der Waals surface area contributed by atoms with Crippen LogP contribution in [0.15, 0.2) is 59.1 Å². The highest BCUT2D eigenvalue weighted by molar-refractivity contribution is 5.90. The van der Waals surface area contributed by atoms with Crippen LogP contribution in [0.2, 0.25) is 0 Å². The van der Waals surface area contributed by atoms with E-state index in [9.17, 15) is 4.79 Å². The number of aromatic nitrogens is 2. The molecule has 6 nitrogen and oxygen atoms in total. The van der Waals surface area contributed by atoms with E-state index in [4.69, 9.17) is 4.52 Å². The van der Waals surface area contributed by atoms with Crippen molar-refractivity contribution in [1.82, 2.24) is 15.0 Å². The molecule has 1 aliphatic heterocycles. The molecule has 0 saturated carbocycles. The molecule has 4 rings (SSSR count). The third kappa shape index (κ3) is 3.84. The zero-order valence-electron chi connectivity index (χ0n) is 15.3. The molecule has 1 N–H and O–H groups in total. The van der Waals surface area contributed by atoms with Crippen molar-refractivity contribution in [2.75, 3.05) is 18.4 Å². The molecule has 0 spiro atoms. The number of anilines is 1. The van der Waals surface area contributed by atoms with Gasteiger partial charge in [-0.2, -0.15) is 4.98 Å². The normalized spacial score (nSPS) is 14.9. The fourth-order valence-corrected chi connectivity index (χ4v) is 3.34. The third-order valence-electron chi connectivity index (χ3n) is 4.99. The van der Waals surface area contributed by atoms with Crippen molar-refractivity contribution < 1.29 is 9.32 Å². The van der Waals surface area contributed by atoms with Crippen LogP contribution in [-0.4, -0.2) is 34.2 Å². The SMILES string of the molecule is Cc1ccccc1NC(=O)N1CCC(c2nc(-c3ccccc3)no2)CC1. The second-order valence-corrected chi connectivity index (χ2v) is 6.83. The summed E-state index contributed by atoms with van der Waals surface area (Å²) in [7, 11) is 0. The zero-order valence-corrected chi connectivity index (χ0v) is 15.3. The lowest BCUT2D eigenvalue weighted by atomic mass is 9.97. The number of piperidine rings is 1. The summed E-state index contributed by atoms with van der Waals surface area (Å²) in [6.07, 6.45) is 1.63. The number of hydrogen-bond donors (Lipinski definition) is 1. The number of carbonyl (C=O) groups excluding carboxylic acids is 1. The molecule has 1 aromatic heterocycles. The second-order valence-electron chi connectivity index (χ2n) is 6.83. The molecule has 1 fully saturated rings. The van der Waals surface area contributed by atoms with Crippen LogP contribution in [0.4, 0.5) is 10.5 Å². The number of nitrogens with one attached hydrogen (secondary N) is 1. The Morgan fingerprint density at radius 2 is 1.78 bits per heavy atom. The van der Waals surface area contributed by atoms with Crippen molar-refractivity contribution in [1.29, 1.82) is 0 Å². The van der Waals surface area contributed by atoms with E-state index in [2.05, 4.69) is 15.5 Å². The number of carbonyl (C=O) groups is 1. The molecule has 0 aliphatic carbocycles. The van der Waals surface area contributed by atoms with Crippen LogP contribution < -0.4 is 5.32 Å². The molecule has 3 aromatic rings. The summed E-state index contributed by atoms with van der Waals surface area (Å²) >= 11 is 0. The maximum absolute atomic E-state index is 12.5. The number of aryl methyl sites for hydroxylation is 1. The van der Waals surface area contributed by atoms with Gasteiger partial charge in [-0.05, 0) is 31.4 Å².